The van der Waals surface area contributed by atoms with Crippen LogP contribution in [0.4, 0.5) is 4.79 Å². The third-order valence-corrected chi connectivity index (χ3v) is 8.18. The van der Waals surface area contributed by atoms with Gasteiger partial charge in [-0.1, -0.05) is 43.2 Å². The van der Waals surface area contributed by atoms with Gasteiger partial charge in [-0.25, -0.2) is 14.8 Å². The molecule has 2 N–H and O–H groups in total. The average molecular weight is 570 g/mol. The summed E-state index contributed by atoms with van der Waals surface area (Å²) in [5.74, 6) is -1.61. The Kier molecular flexibility index (Phi) is 10.3. The number of nitrogens with one attached hydrogen (secondary N) is 1. The molecule has 12 heteroatoms. The molecule has 4 rings (SSSR count). The van der Waals surface area contributed by atoms with Crippen molar-refractivity contribution >= 4 is 35.6 Å². The fraction of sp³-hybridized carbons (Fsp3) is 0.500. The van der Waals surface area contributed by atoms with Gasteiger partial charge in [-0.15, -0.1) is 11.8 Å². The number of aromatic nitrogens is 2. The third-order valence-electron chi connectivity index (χ3n) is 6.92. The Bertz CT molecular complexity index is 1200. The molecule has 1 aromatic carbocycles. The topological polar surface area (TPSA) is 142 Å². The van der Waals surface area contributed by atoms with Crippen molar-refractivity contribution in [1.82, 2.24) is 25.1 Å². The molecule has 11 nitrogen and oxygen atoms in total. The number of carboxylic acid groups (broad SMARTS) is 1. The van der Waals surface area contributed by atoms with Crippen molar-refractivity contribution in [3.05, 3.63) is 42.1 Å². The summed E-state index contributed by atoms with van der Waals surface area (Å²) in [5.41, 5.74) is 0.887. The molecule has 40 heavy (non-hydrogen) atoms. The summed E-state index contributed by atoms with van der Waals surface area (Å²) in [7, 11) is 0. The predicted octanol–water partition coefficient (Wildman–Crippen LogP) is 3.44. The van der Waals surface area contributed by atoms with Crippen molar-refractivity contribution in [2.24, 2.45) is 0 Å². The minimum absolute atomic E-state index is 0.0711. The van der Waals surface area contributed by atoms with Crippen molar-refractivity contribution in [3.8, 4) is 11.4 Å². The fourth-order valence-corrected chi connectivity index (χ4v) is 6.03. The maximum absolute atomic E-state index is 13.5. The average Bonchev–Trinajstić information content (AvgIpc) is 3.48. The number of benzene rings is 1. The molecule has 1 saturated heterocycles. The first-order valence-electron chi connectivity index (χ1n) is 13.7. The van der Waals surface area contributed by atoms with Crippen LogP contribution in [-0.2, 0) is 14.3 Å². The molecule has 214 valence electrons. The van der Waals surface area contributed by atoms with E-state index in [1.807, 2.05) is 30.3 Å². The first-order valence-corrected chi connectivity index (χ1v) is 14.6. The number of amides is 3. The summed E-state index contributed by atoms with van der Waals surface area (Å²) in [6, 6.07) is 9.96. The van der Waals surface area contributed by atoms with Crippen LogP contribution in [0.3, 0.4) is 0 Å². The largest absolute Gasteiger partial charge is 0.481 e. The number of hydrogen-bond acceptors (Lipinski definition) is 8. The summed E-state index contributed by atoms with van der Waals surface area (Å²) < 4.78 is 5.03. The van der Waals surface area contributed by atoms with Crippen LogP contribution < -0.4 is 5.32 Å². The van der Waals surface area contributed by atoms with Gasteiger partial charge in [-0.05, 0) is 26.2 Å². The monoisotopic (exact) mass is 569 g/mol. The number of hydrogen-bond donors (Lipinski definition) is 2. The molecular formula is C28H35N5O6S. The van der Waals surface area contributed by atoms with E-state index in [-0.39, 0.29) is 51.3 Å². The maximum Gasteiger partial charge on any atom is 0.409 e. The molecule has 1 aliphatic heterocycles. The van der Waals surface area contributed by atoms with Crippen LogP contribution in [0.2, 0.25) is 0 Å². The zero-order valence-corrected chi connectivity index (χ0v) is 23.4. The van der Waals surface area contributed by atoms with Crippen LogP contribution in [0.1, 0.15) is 55.9 Å². The molecule has 1 aliphatic carbocycles. The lowest BCUT2D eigenvalue weighted by Gasteiger charge is -2.35. The van der Waals surface area contributed by atoms with Crippen LogP contribution >= 0.6 is 11.8 Å². The van der Waals surface area contributed by atoms with Gasteiger partial charge in [-0.3, -0.25) is 14.4 Å². The summed E-state index contributed by atoms with van der Waals surface area (Å²) in [5, 5.41) is 13.1. The van der Waals surface area contributed by atoms with E-state index < -0.39 is 29.9 Å². The highest BCUT2D eigenvalue weighted by molar-refractivity contribution is 7.99. The van der Waals surface area contributed by atoms with Gasteiger partial charge in [0.1, 0.15) is 16.8 Å². The van der Waals surface area contributed by atoms with Crippen LogP contribution in [0.15, 0.2) is 41.4 Å². The number of piperazine rings is 1. The lowest BCUT2D eigenvalue weighted by molar-refractivity contribution is -0.138. The smallest absolute Gasteiger partial charge is 0.409 e. The molecule has 3 amide bonds. The van der Waals surface area contributed by atoms with Crippen molar-refractivity contribution in [2.75, 3.05) is 32.8 Å². The number of thioether (sulfide) groups is 1. The molecule has 0 spiro atoms. The Morgan fingerprint density at radius 1 is 1.05 bits per heavy atom. The highest BCUT2D eigenvalue weighted by Gasteiger charge is 2.31. The van der Waals surface area contributed by atoms with E-state index in [1.165, 1.54) is 17.7 Å². The Morgan fingerprint density at radius 2 is 1.73 bits per heavy atom. The van der Waals surface area contributed by atoms with E-state index in [4.69, 9.17) is 9.72 Å². The van der Waals surface area contributed by atoms with E-state index in [0.29, 0.717) is 16.1 Å². The minimum Gasteiger partial charge on any atom is -0.481 e. The van der Waals surface area contributed by atoms with Gasteiger partial charge in [-0.2, -0.15) is 0 Å². The number of aliphatic carboxylic acids is 1. The van der Waals surface area contributed by atoms with Crippen molar-refractivity contribution in [3.63, 3.8) is 0 Å². The Morgan fingerprint density at radius 3 is 2.38 bits per heavy atom. The number of ether oxygens (including phenoxy) is 1. The molecule has 0 bridgehead atoms. The van der Waals surface area contributed by atoms with Crippen molar-refractivity contribution in [1.29, 1.82) is 0 Å². The van der Waals surface area contributed by atoms with Crippen LogP contribution in [0.25, 0.3) is 11.4 Å². The third kappa shape index (κ3) is 7.93. The number of carbonyl (C=O) groups is 4. The second-order valence-corrected chi connectivity index (χ2v) is 11.1. The molecular weight excluding hydrogens is 534 g/mol. The van der Waals surface area contributed by atoms with Gasteiger partial charge in [0.25, 0.3) is 5.91 Å². The Labute approximate surface area is 237 Å². The zero-order valence-electron chi connectivity index (χ0n) is 22.6. The first kappa shape index (κ1) is 29.3. The number of rotatable bonds is 10. The number of carboxylic acids is 1. The predicted molar refractivity (Wildman–Crippen MR) is 149 cm³/mol. The maximum atomic E-state index is 13.5. The standard InChI is InChI=1S/C28H35N5O6S/c1-2-39-28(38)33-16-14-32(15-17-33)27(37)21(12-13-24(34)35)30-26(36)22-18-23(40-20-10-6-7-11-20)31-25(29-22)19-8-4-3-5-9-19/h3-5,8-9,18,20-21H,2,6-7,10-17H2,1H3,(H,30,36)(H,34,35)/t21-/m0/s1. The van der Waals surface area contributed by atoms with Crippen LogP contribution in [0, 0.1) is 0 Å². The van der Waals surface area contributed by atoms with E-state index in [9.17, 15) is 24.3 Å². The number of carbonyl (C=O) groups excluding carboxylic acids is 3. The second-order valence-electron chi connectivity index (χ2n) is 9.78. The summed E-state index contributed by atoms with van der Waals surface area (Å²) >= 11 is 1.63. The van der Waals surface area contributed by atoms with Gasteiger partial charge >= 0.3 is 12.1 Å². The minimum atomic E-state index is -1.07. The van der Waals surface area contributed by atoms with Gasteiger partial charge in [0, 0.05) is 49.5 Å². The van der Waals surface area contributed by atoms with Crippen molar-refractivity contribution < 1.29 is 29.0 Å². The van der Waals surface area contributed by atoms with Gasteiger partial charge in [0.15, 0.2) is 5.82 Å². The highest BCUT2D eigenvalue weighted by Crippen LogP contribution is 2.34. The molecule has 1 atom stereocenters. The van der Waals surface area contributed by atoms with Gasteiger partial charge in [0.2, 0.25) is 5.91 Å². The highest BCUT2D eigenvalue weighted by atomic mass is 32.2. The van der Waals surface area contributed by atoms with Crippen molar-refractivity contribution in [2.45, 2.75) is 61.8 Å². The van der Waals surface area contributed by atoms with Gasteiger partial charge < -0.3 is 25.0 Å². The SMILES string of the molecule is CCOC(=O)N1CCN(C(=O)[C@H](CCC(=O)O)NC(=O)c2cc(SC3CCCC3)nc(-c3ccccc3)n2)CC1. The fourth-order valence-electron chi connectivity index (χ4n) is 4.80. The van der Waals surface area contributed by atoms with E-state index in [1.54, 1.807) is 29.7 Å². The summed E-state index contributed by atoms with van der Waals surface area (Å²) in [6.45, 7) is 3.08. The number of nitrogens with zero attached hydrogens (tertiary/aromatic N) is 4. The van der Waals surface area contributed by atoms with Crippen LogP contribution in [0.5, 0.6) is 0 Å². The molecule has 2 aromatic rings. The van der Waals surface area contributed by atoms with Gasteiger partial charge in [0.05, 0.1) is 6.61 Å². The Balaban J connectivity index is 1.52. The van der Waals surface area contributed by atoms with Crippen LogP contribution in [-0.4, -0.2) is 92.8 Å². The molecule has 0 radical (unpaired) electrons. The zero-order chi connectivity index (χ0) is 28.5. The summed E-state index contributed by atoms with van der Waals surface area (Å²) in [6.07, 6.45) is 3.72. The second kappa shape index (κ2) is 14.1. The van der Waals surface area contributed by atoms with E-state index >= 15 is 0 Å². The molecule has 1 aromatic heterocycles. The van der Waals surface area contributed by atoms with E-state index in [0.717, 1.165) is 18.4 Å². The quantitative estimate of drug-likeness (QED) is 0.412. The summed E-state index contributed by atoms with van der Waals surface area (Å²) in [4.78, 5) is 62.5. The first-order chi connectivity index (χ1) is 19.3. The molecule has 2 heterocycles. The molecule has 0 unspecified atom stereocenters. The lowest BCUT2D eigenvalue weighted by atomic mass is 10.1. The van der Waals surface area contributed by atoms with E-state index in [2.05, 4.69) is 10.3 Å². The molecule has 2 aliphatic rings. The molecule has 1 saturated carbocycles. The Hall–Kier alpha value is -3.67. The molecule has 2 fully saturated rings. The normalized spacial score (nSPS) is 16.4. The lowest BCUT2D eigenvalue weighted by Crippen LogP contribution is -2.56.